The van der Waals surface area contributed by atoms with E-state index in [9.17, 15) is 33.6 Å². The predicted octanol–water partition coefficient (Wildman–Crippen LogP) is -3.83. The summed E-state index contributed by atoms with van der Waals surface area (Å²) in [4.78, 5) is 68.9. The number of aliphatic hydroxyl groups is 3. The predicted molar refractivity (Wildman–Crippen MR) is 84.3 cm³/mol. The molecule has 0 fully saturated rings. The second kappa shape index (κ2) is 14.2. The van der Waals surface area contributed by atoms with Gasteiger partial charge >= 0.3 is 41.8 Å². The summed E-state index contributed by atoms with van der Waals surface area (Å²) in [6, 6.07) is 0. The van der Waals surface area contributed by atoms with E-state index in [2.05, 4.69) is 0 Å². The highest BCUT2D eigenvalue weighted by Gasteiger charge is 2.40. The molecule has 30 heavy (non-hydrogen) atoms. The van der Waals surface area contributed by atoms with Gasteiger partial charge in [-0.05, 0) is 0 Å². The number of aliphatic hydroxyl groups excluding tert-OH is 2. The Balaban J connectivity index is -0.000000383. The van der Waals surface area contributed by atoms with Crippen molar-refractivity contribution >= 4 is 41.8 Å². The van der Waals surface area contributed by atoms with Crippen LogP contribution in [0.1, 0.15) is 19.3 Å². The third-order valence-corrected chi connectivity index (χ3v) is 2.39. The number of carboxylic acids is 7. The van der Waals surface area contributed by atoms with E-state index in [1.54, 1.807) is 0 Å². The van der Waals surface area contributed by atoms with Crippen LogP contribution in [0.3, 0.4) is 0 Å². The zero-order chi connectivity index (χ0) is 24.8. The molecular weight excluding hydrogens is 428 g/mol. The molecule has 0 aromatic rings. The van der Waals surface area contributed by atoms with Gasteiger partial charge in [-0.25, -0.2) is 14.4 Å². The maximum atomic E-state index is 10.3. The van der Waals surface area contributed by atoms with E-state index in [1.807, 2.05) is 0 Å². The fraction of sp³-hybridized carbons (Fsp3) is 0.462. The third-order valence-electron chi connectivity index (χ3n) is 2.39. The summed E-state index contributed by atoms with van der Waals surface area (Å²) >= 11 is 0. The molecule has 0 aromatic carbocycles. The minimum Gasteiger partial charge on any atom is -0.481 e. The zero-order valence-corrected chi connectivity index (χ0v) is 14.6. The molecule has 0 aliphatic carbocycles. The van der Waals surface area contributed by atoms with E-state index in [1.165, 1.54) is 0 Å². The third kappa shape index (κ3) is 16.4. The quantitative estimate of drug-likeness (QED) is 0.144. The fourth-order valence-electron chi connectivity index (χ4n) is 1.11. The molecule has 0 rings (SSSR count). The molecule has 0 aliphatic heterocycles. The Morgan fingerprint density at radius 3 is 0.933 bits per heavy atom. The lowest BCUT2D eigenvalue weighted by atomic mass is 9.96. The second-order valence-electron chi connectivity index (χ2n) is 5.01. The van der Waals surface area contributed by atoms with Gasteiger partial charge in [-0.3, -0.25) is 19.2 Å². The average Bonchev–Trinajstić information content (AvgIpc) is 2.51. The molecule has 2 unspecified atom stereocenters. The summed E-state index contributed by atoms with van der Waals surface area (Å²) < 4.78 is 0. The molecule has 0 aromatic heterocycles. The number of aliphatic carboxylic acids is 7. The normalized spacial score (nSPS) is 11.8. The summed E-state index contributed by atoms with van der Waals surface area (Å²) in [6.45, 7) is 0. The van der Waals surface area contributed by atoms with Crippen molar-refractivity contribution in [2.75, 3.05) is 0 Å². The van der Waals surface area contributed by atoms with Crippen LogP contribution in [0.15, 0.2) is 0 Å². The van der Waals surface area contributed by atoms with E-state index in [0.717, 1.165) is 0 Å². The van der Waals surface area contributed by atoms with Crippen LogP contribution in [0.5, 0.6) is 0 Å². The molecule has 0 bridgehead atoms. The largest absolute Gasteiger partial charge is 0.481 e. The molecular formula is C13H18O17. The topological polar surface area (TPSA) is 322 Å². The monoisotopic (exact) mass is 446 g/mol. The van der Waals surface area contributed by atoms with Crippen LogP contribution in [0.4, 0.5) is 0 Å². The van der Waals surface area contributed by atoms with Gasteiger partial charge in [-0.1, -0.05) is 0 Å². The maximum Gasteiger partial charge on any atom is 0.336 e. The Bertz CT molecular complexity index is 619. The maximum absolute atomic E-state index is 10.3. The van der Waals surface area contributed by atoms with E-state index < -0.39 is 78.9 Å². The molecule has 2 atom stereocenters. The molecule has 0 saturated carbocycles. The Kier molecular flexibility index (Phi) is 14.6. The number of hydrogen-bond donors (Lipinski definition) is 10. The molecule has 10 N–H and O–H groups in total. The van der Waals surface area contributed by atoms with Crippen molar-refractivity contribution in [3.05, 3.63) is 0 Å². The van der Waals surface area contributed by atoms with Gasteiger partial charge < -0.3 is 51.1 Å². The SMILES string of the molecule is O=C(O)C(O)C(O)C(=O)O.O=C(O)CC(=O)O.O=C(O)CC(O)(CC(=O)O)C(=O)O. The first-order chi connectivity index (χ1) is 13.4. The summed E-state index contributed by atoms with van der Waals surface area (Å²) in [5.74, 6) is -11.2. The number of carbonyl (C=O) groups is 7. The van der Waals surface area contributed by atoms with Crippen LogP contribution in [-0.2, 0) is 33.6 Å². The van der Waals surface area contributed by atoms with E-state index in [-0.39, 0.29) is 0 Å². The summed E-state index contributed by atoms with van der Waals surface area (Å²) in [7, 11) is 0. The van der Waals surface area contributed by atoms with Crippen molar-refractivity contribution in [3.63, 3.8) is 0 Å². The zero-order valence-electron chi connectivity index (χ0n) is 14.6. The van der Waals surface area contributed by atoms with Gasteiger partial charge in [0.1, 0.15) is 6.42 Å². The van der Waals surface area contributed by atoms with E-state index >= 15 is 0 Å². The highest BCUT2D eigenvalue weighted by Crippen LogP contribution is 2.15. The molecule has 172 valence electrons. The van der Waals surface area contributed by atoms with Gasteiger partial charge in [0.2, 0.25) is 0 Å². The molecule has 17 heteroatoms. The fourth-order valence-corrected chi connectivity index (χ4v) is 1.11. The highest BCUT2D eigenvalue weighted by molar-refractivity contribution is 5.89. The highest BCUT2D eigenvalue weighted by atomic mass is 16.4. The van der Waals surface area contributed by atoms with Gasteiger partial charge in [0.05, 0.1) is 12.8 Å². The Morgan fingerprint density at radius 2 is 0.833 bits per heavy atom. The molecule has 0 aliphatic rings. The summed E-state index contributed by atoms with van der Waals surface area (Å²) in [5, 5.41) is 81.7. The van der Waals surface area contributed by atoms with Crippen molar-refractivity contribution in [1.82, 2.24) is 0 Å². The van der Waals surface area contributed by atoms with Crippen molar-refractivity contribution in [1.29, 1.82) is 0 Å². The first kappa shape index (κ1) is 30.9. The van der Waals surface area contributed by atoms with Crippen molar-refractivity contribution in [2.45, 2.75) is 37.1 Å². The Hall–Kier alpha value is -3.83. The molecule has 0 saturated heterocycles. The standard InChI is InChI=1S/C6H8O7.C4H6O6.C3H4O4/c7-3(8)1-6(13,5(11)12)2-4(9)10;5-1(3(7)8)2(6)4(9)10;4-2(5)1-3(6)7/h13H,1-2H2,(H,7,8)(H,9,10)(H,11,12);1-2,5-6H,(H,7,8)(H,9,10);1H2,(H,4,5)(H,6,7). The molecule has 17 nitrogen and oxygen atoms in total. The molecule has 0 radical (unpaired) electrons. The second-order valence-corrected chi connectivity index (χ2v) is 5.01. The minimum absolute atomic E-state index is 0.806. The van der Waals surface area contributed by atoms with Gasteiger partial charge in [0, 0.05) is 0 Å². The van der Waals surface area contributed by atoms with Crippen LogP contribution >= 0.6 is 0 Å². The molecule has 0 spiro atoms. The first-order valence-corrected chi connectivity index (χ1v) is 7.02. The Morgan fingerprint density at radius 1 is 0.567 bits per heavy atom. The lowest BCUT2D eigenvalue weighted by Crippen LogP contribution is -2.42. The molecule has 0 heterocycles. The molecule has 0 amide bonds. The van der Waals surface area contributed by atoms with Crippen LogP contribution in [0.2, 0.25) is 0 Å². The average molecular weight is 446 g/mol. The van der Waals surface area contributed by atoms with Crippen LogP contribution in [0, 0.1) is 0 Å². The number of carboxylic acid groups (broad SMARTS) is 7. The van der Waals surface area contributed by atoms with Crippen LogP contribution in [0.25, 0.3) is 0 Å². The number of rotatable bonds is 10. The van der Waals surface area contributed by atoms with Gasteiger partial charge in [-0.15, -0.1) is 0 Å². The van der Waals surface area contributed by atoms with Gasteiger partial charge in [0.15, 0.2) is 17.8 Å². The lowest BCUT2D eigenvalue weighted by molar-refractivity contribution is -0.170. The summed E-state index contributed by atoms with van der Waals surface area (Å²) in [6.07, 6.45) is -7.63. The lowest BCUT2D eigenvalue weighted by Gasteiger charge is -2.18. The number of hydrogen-bond acceptors (Lipinski definition) is 10. The Labute approximate surface area is 164 Å². The van der Waals surface area contributed by atoms with Crippen molar-refractivity contribution in [3.8, 4) is 0 Å². The van der Waals surface area contributed by atoms with Crippen LogP contribution < -0.4 is 0 Å². The van der Waals surface area contributed by atoms with Gasteiger partial charge in [0.25, 0.3) is 0 Å². The van der Waals surface area contributed by atoms with Crippen molar-refractivity contribution < 1.29 is 84.6 Å². The minimum atomic E-state index is -2.74. The van der Waals surface area contributed by atoms with E-state index in [4.69, 9.17) is 51.1 Å². The van der Waals surface area contributed by atoms with E-state index in [0.29, 0.717) is 0 Å². The smallest absolute Gasteiger partial charge is 0.336 e. The first-order valence-electron chi connectivity index (χ1n) is 7.02. The van der Waals surface area contributed by atoms with Crippen molar-refractivity contribution in [2.24, 2.45) is 0 Å². The van der Waals surface area contributed by atoms with Crippen LogP contribution in [-0.4, -0.2) is 111 Å². The van der Waals surface area contributed by atoms with Gasteiger partial charge in [-0.2, -0.15) is 0 Å². The summed E-state index contributed by atoms with van der Waals surface area (Å²) in [5.41, 5.74) is -2.74.